The van der Waals surface area contributed by atoms with E-state index in [0.29, 0.717) is 23.2 Å². The van der Waals surface area contributed by atoms with Gasteiger partial charge in [0.15, 0.2) is 0 Å². The molecule has 0 aliphatic rings. The zero-order valence-electron chi connectivity index (χ0n) is 12.3. The second-order valence-corrected chi connectivity index (χ2v) is 4.89. The summed E-state index contributed by atoms with van der Waals surface area (Å²) in [5.74, 6) is 2.51. The highest BCUT2D eigenvalue weighted by Gasteiger charge is 2.26. The third-order valence-electron chi connectivity index (χ3n) is 3.49. The first-order chi connectivity index (χ1) is 9.12. The van der Waals surface area contributed by atoms with Gasteiger partial charge in [0.1, 0.15) is 17.2 Å². The molecule has 3 nitrogen and oxygen atoms in total. The van der Waals surface area contributed by atoms with Crippen LogP contribution in [-0.4, -0.2) is 21.3 Å². The molecule has 0 N–H and O–H groups in total. The summed E-state index contributed by atoms with van der Waals surface area (Å²) >= 11 is 6.64. The highest BCUT2D eigenvalue weighted by Crippen LogP contribution is 2.45. The molecule has 0 heterocycles. The van der Waals surface area contributed by atoms with Gasteiger partial charge in [-0.2, -0.15) is 0 Å². The molecule has 0 bridgehead atoms. The van der Waals surface area contributed by atoms with Gasteiger partial charge in [0.2, 0.25) is 0 Å². The Kier molecular flexibility index (Phi) is 6.29. The Morgan fingerprint density at radius 2 is 1.42 bits per heavy atom. The molecule has 1 aromatic rings. The summed E-state index contributed by atoms with van der Waals surface area (Å²) < 4.78 is 16.1. The molecular weight excluding hydrogens is 264 g/mol. The van der Waals surface area contributed by atoms with Gasteiger partial charge < -0.3 is 14.2 Å². The third kappa shape index (κ3) is 3.47. The lowest BCUT2D eigenvalue weighted by Crippen LogP contribution is -2.09. The molecule has 19 heavy (non-hydrogen) atoms. The molecule has 1 atom stereocenters. The zero-order chi connectivity index (χ0) is 14.4. The van der Waals surface area contributed by atoms with Crippen molar-refractivity contribution in [2.24, 2.45) is 5.92 Å². The van der Waals surface area contributed by atoms with Crippen molar-refractivity contribution in [2.45, 2.75) is 32.1 Å². The number of ether oxygens (including phenoxy) is 3. The van der Waals surface area contributed by atoms with Crippen LogP contribution in [0.3, 0.4) is 0 Å². The van der Waals surface area contributed by atoms with Crippen LogP contribution in [0.25, 0.3) is 0 Å². The maximum absolute atomic E-state index is 6.64. The summed E-state index contributed by atoms with van der Waals surface area (Å²) in [6, 6.07) is 3.69. The van der Waals surface area contributed by atoms with Crippen molar-refractivity contribution in [3.05, 3.63) is 17.7 Å². The van der Waals surface area contributed by atoms with Crippen molar-refractivity contribution >= 4 is 11.6 Å². The van der Waals surface area contributed by atoms with Crippen LogP contribution in [0.5, 0.6) is 17.2 Å². The van der Waals surface area contributed by atoms with Crippen molar-refractivity contribution in [3.63, 3.8) is 0 Å². The smallest absolute Gasteiger partial charge is 0.130 e. The minimum atomic E-state index is -0.134. The molecule has 0 fully saturated rings. The summed E-state index contributed by atoms with van der Waals surface area (Å²) in [4.78, 5) is 0. The second-order valence-electron chi connectivity index (χ2n) is 4.42. The maximum atomic E-state index is 6.64. The molecule has 0 spiro atoms. The van der Waals surface area contributed by atoms with Crippen LogP contribution < -0.4 is 14.2 Å². The first-order valence-electron chi connectivity index (χ1n) is 6.56. The molecule has 0 aromatic heterocycles. The van der Waals surface area contributed by atoms with E-state index < -0.39 is 0 Å². The highest BCUT2D eigenvalue weighted by atomic mass is 35.5. The maximum Gasteiger partial charge on any atom is 0.130 e. The average Bonchev–Trinajstić information content (AvgIpc) is 2.46. The van der Waals surface area contributed by atoms with Gasteiger partial charge in [-0.1, -0.05) is 26.7 Å². The Bertz CT molecular complexity index is 377. The number of methoxy groups -OCH3 is 3. The summed E-state index contributed by atoms with van der Waals surface area (Å²) in [5.41, 5.74) is 0.904. The highest BCUT2D eigenvalue weighted by molar-refractivity contribution is 6.21. The van der Waals surface area contributed by atoms with Gasteiger partial charge in [-0.15, -0.1) is 11.6 Å². The minimum Gasteiger partial charge on any atom is -0.496 e. The summed E-state index contributed by atoms with van der Waals surface area (Å²) in [5, 5.41) is -0.134. The molecule has 0 amide bonds. The molecule has 0 aliphatic carbocycles. The van der Waals surface area contributed by atoms with Crippen LogP contribution in [0, 0.1) is 5.92 Å². The lowest BCUT2D eigenvalue weighted by atomic mass is 9.92. The number of hydrogen-bond acceptors (Lipinski definition) is 3. The van der Waals surface area contributed by atoms with Crippen molar-refractivity contribution in [1.29, 1.82) is 0 Å². The summed E-state index contributed by atoms with van der Waals surface area (Å²) in [7, 11) is 4.88. The molecule has 4 heteroatoms. The lowest BCUT2D eigenvalue weighted by molar-refractivity contribution is 0.358. The second kappa shape index (κ2) is 7.49. The van der Waals surface area contributed by atoms with Gasteiger partial charge >= 0.3 is 0 Å². The predicted octanol–water partition coefficient (Wildman–Crippen LogP) is 4.43. The number of benzene rings is 1. The molecule has 0 radical (unpaired) electrons. The Labute approximate surface area is 120 Å². The van der Waals surface area contributed by atoms with E-state index in [0.717, 1.165) is 18.4 Å². The molecule has 1 rings (SSSR count). The Morgan fingerprint density at radius 1 is 0.947 bits per heavy atom. The van der Waals surface area contributed by atoms with E-state index in [1.165, 1.54) is 0 Å². The molecule has 0 aliphatic heterocycles. The molecule has 108 valence electrons. The lowest BCUT2D eigenvalue weighted by Gasteiger charge is -2.24. The SMILES string of the molecule is CCC(CC)C(Cl)c1c(OC)cc(OC)cc1OC. The van der Waals surface area contributed by atoms with Crippen LogP contribution in [-0.2, 0) is 0 Å². The first-order valence-corrected chi connectivity index (χ1v) is 7.00. The van der Waals surface area contributed by atoms with Gasteiger partial charge in [0.25, 0.3) is 0 Å². The van der Waals surface area contributed by atoms with Crippen LogP contribution >= 0.6 is 11.6 Å². The van der Waals surface area contributed by atoms with E-state index in [1.54, 1.807) is 21.3 Å². The summed E-state index contributed by atoms with van der Waals surface area (Å²) in [6.45, 7) is 4.29. The number of hydrogen-bond donors (Lipinski definition) is 0. The Balaban J connectivity index is 3.30. The molecule has 1 aromatic carbocycles. The molecule has 0 saturated carbocycles. The predicted molar refractivity (Wildman–Crippen MR) is 78.8 cm³/mol. The summed E-state index contributed by atoms with van der Waals surface area (Å²) in [6.07, 6.45) is 2.03. The van der Waals surface area contributed by atoms with Gasteiger partial charge in [0.05, 0.1) is 32.3 Å². The van der Waals surface area contributed by atoms with Crippen molar-refractivity contribution in [1.82, 2.24) is 0 Å². The van der Waals surface area contributed by atoms with Gasteiger partial charge in [-0.25, -0.2) is 0 Å². The first kappa shape index (κ1) is 16.0. The van der Waals surface area contributed by atoms with E-state index in [-0.39, 0.29) is 5.38 Å². The normalized spacial score (nSPS) is 12.4. The molecular formula is C15H23ClO3. The van der Waals surface area contributed by atoms with Crippen LogP contribution in [0.4, 0.5) is 0 Å². The van der Waals surface area contributed by atoms with E-state index in [9.17, 15) is 0 Å². The van der Waals surface area contributed by atoms with Crippen molar-refractivity contribution in [3.8, 4) is 17.2 Å². The number of alkyl halides is 1. The van der Waals surface area contributed by atoms with Crippen LogP contribution in [0.15, 0.2) is 12.1 Å². The van der Waals surface area contributed by atoms with E-state index in [4.69, 9.17) is 25.8 Å². The Hall–Kier alpha value is -1.09. The Morgan fingerprint density at radius 3 is 1.74 bits per heavy atom. The fourth-order valence-corrected chi connectivity index (χ4v) is 2.81. The fourth-order valence-electron chi connectivity index (χ4n) is 2.24. The average molecular weight is 287 g/mol. The van der Waals surface area contributed by atoms with Crippen molar-refractivity contribution in [2.75, 3.05) is 21.3 Å². The zero-order valence-corrected chi connectivity index (χ0v) is 13.1. The largest absolute Gasteiger partial charge is 0.496 e. The number of halogens is 1. The van der Waals surface area contributed by atoms with E-state index >= 15 is 0 Å². The van der Waals surface area contributed by atoms with Crippen LogP contribution in [0.2, 0.25) is 0 Å². The number of rotatable bonds is 7. The molecule has 1 unspecified atom stereocenters. The topological polar surface area (TPSA) is 27.7 Å². The van der Waals surface area contributed by atoms with Crippen molar-refractivity contribution < 1.29 is 14.2 Å². The van der Waals surface area contributed by atoms with Gasteiger partial charge in [-0.05, 0) is 5.92 Å². The van der Waals surface area contributed by atoms with Gasteiger partial charge in [0, 0.05) is 12.1 Å². The fraction of sp³-hybridized carbons (Fsp3) is 0.600. The van der Waals surface area contributed by atoms with E-state index in [2.05, 4.69) is 13.8 Å². The quantitative estimate of drug-likeness (QED) is 0.694. The van der Waals surface area contributed by atoms with Crippen LogP contribution in [0.1, 0.15) is 37.6 Å². The third-order valence-corrected chi connectivity index (χ3v) is 4.07. The minimum absolute atomic E-state index is 0.134. The monoisotopic (exact) mass is 286 g/mol. The molecule has 0 saturated heterocycles. The van der Waals surface area contributed by atoms with E-state index in [1.807, 2.05) is 12.1 Å². The standard InChI is InChI=1S/C15H23ClO3/c1-6-10(7-2)15(16)14-12(18-4)8-11(17-3)9-13(14)19-5/h8-10,15H,6-7H2,1-5H3. The van der Waals surface area contributed by atoms with Gasteiger partial charge in [-0.3, -0.25) is 0 Å².